The van der Waals surface area contributed by atoms with E-state index in [0.29, 0.717) is 37.4 Å². The second kappa shape index (κ2) is 5.57. The highest BCUT2D eigenvalue weighted by Gasteiger charge is 2.39. The molecule has 0 spiro atoms. The third-order valence-electron chi connectivity index (χ3n) is 3.67. The third-order valence-corrected chi connectivity index (χ3v) is 3.67. The summed E-state index contributed by atoms with van der Waals surface area (Å²) in [4.78, 5) is 11.2. The highest BCUT2D eigenvalue weighted by Crippen LogP contribution is 2.42. The van der Waals surface area contributed by atoms with Crippen LogP contribution in [0.5, 0.6) is 5.75 Å². The maximum absolute atomic E-state index is 13.5. The minimum absolute atomic E-state index is 0.0455. The monoisotopic (exact) mass is 268 g/mol. The maximum Gasteiger partial charge on any atom is 0.304 e. The van der Waals surface area contributed by atoms with E-state index < -0.39 is 11.4 Å². The van der Waals surface area contributed by atoms with Gasteiger partial charge in [0.1, 0.15) is 11.6 Å². The van der Waals surface area contributed by atoms with Crippen molar-refractivity contribution in [1.82, 2.24) is 0 Å². The summed E-state index contributed by atoms with van der Waals surface area (Å²) in [6.45, 7) is 0.958. The molecule has 0 unspecified atom stereocenters. The summed E-state index contributed by atoms with van der Waals surface area (Å²) in [7, 11) is 1.50. The van der Waals surface area contributed by atoms with Gasteiger partial charge in [-0.05, 0) is 31.0 Å². The molecule has 1 aromatic carbocycles. The number of rotatable bonds is 4. The van der Waals surface area contributed by atoms with E-state index in [1.54, 1.807) is 6.07 Å². The number of benzene rings is 1. The Kier molecular flexibility index (Phi) is 4.04. The molecule has 1 N–H and O–H groups in total. The second-order valence-electron chi connectivity index (χ2n) is 4.81. The van der Waals surface area contributed by atoms with E-state index in [2.05, 4.69) is 0 Å². The van der Waals surface area contributed by atoms with Gasteiger partial charge in [0.05, 0.1) is 13.5 Å². The van der Waals surface area contributed by atoms with E-state index in [9.17, 15) is 9.18 Å². The molecule has 0 saturated carbocycles. The van der Waals surface area contributed by atoms with Gasteiger partial charge in [-0.3, -0.25) is 4.79 Å². The Bertz CT molecular complexity index is 467. The smallest absolute Gasteiger partial charge is 0.304 e. The van der Waals surface area contributed by atoms with Crippen molar-refractivity contribution in [3.8, 4) is 5.75 Å². The molecule has 1 saturated heterocycles. The fourth-order valence-corrected chi connectivity index (χ4v) is 2.69. The van der Waals surface area contributed by atoms with Crippen LogP contribution in [0.4, 0.5) is 4.39 Å². The molecule has 0 bridgehead atoms. The first-order valence-corrected chi connectivity index (χ1v) is 6.21. The van der Waals surface area contributed by atoms with Gasteiger partial charge in [0.2, 0.25) is 0 Å². The topological polar surface area (TPSA) is 55.8 Å². The van der Waals surface area contributed by atoms with E-state index in [0.717, 1.165) is 0 Å². The van der Waals surface area contributed by atoms with Crippen LogP contribution in [0, 0.1) is 5.82 Å². The molecule has 0 aliphatic carbocycles. The first kappa shape index (κ1) is 13.8. The van der Waals surface area contributed by atoms with Gasteiger partial charge < -0.3 is 14.6 Å². The van der Waals surface area contributed by atoms with Crippen LogP contribution in [0.25, 0.3) is 0 Å². The van der Waals surface area contributed by atoms with Crippen molar-refractivity contribution in [1.29, 1.82) is 0 Å². The molecule has 104 valence electrons. The average Bonchev–Trinajstić information content (AvgIpc) is 2.39. The van der Waals surface area contributed by atoms with Crippen molar-refractivity contribution in [2.24, 2.45) is 0 Å². The number of halogens is 1. The van der Waals surface area contributed by atoms with Gasteiger partial charge in [0.25, 0.3) is 0 Å². The van der Waals surface area contributed by atoms with Gasteiger partial charge in [0, 0.05) is 24.2 Å². The number of hydrogen-bond donors (Lipinski definition) is 1. The van der Waals surface area contributed by atoms with Gasteiger partial charge in [0.15, 0.2) is 0 Å². The molecule has 19 heavy (non-hydrogen) atoms. The number of carbonyl (C=O) groups is 1. The van der Waals surface area contributed by atoms with Crippen molar-refractivity contribution in [2.45, 2.75) is 24.7 Å². The van der Waals surface area contributed by atoms with Gasteiger partial charge in [-0.2, -0.15) is 0 Å². The largest absolute Gasteiger partial charge is 0.496 e. The normalized spacial score (nSPS) is 18.0. The number of methoxy groups -OCH3 is 1. The lowest BCUT2D eigenvalue weighted by Crippen LogP contribution is -2.36. The average molecular weight is 268 g/mol. The Morgan fingerprint density at radius 1 is 1.47 bits per heavy atom. The minimum atomic E-state index is -0.895. The highest BCUT2D eigenvalue weighted by molar-refractivity contribution is 5.69. The van der Waals surface area contributed by atoms with Gasteiger partial charge in [-0.25, -0.2) is 4.39 Å². The van der Waals surface area contributed by atoms with Crippen molar-refractivity contribution >= 4 is 5.97 Å². The van der Waals surface area contributed by atoms with Crippen molar-refractivity contribution < 1.29 is 23.8 Å². The molecule has 0 radical (unpaired) electrons. The van der Waals surface area contributed by atoms with Crippen LogP contribution in [0.3, 0.4) is 0 Å². The Morgan fingerprint density at radius 3 is 2.74 bits per heavy atom. The number of carboxylic acids is 1. The zero-order valence-corrected chi connectivity index (χ0v) is 10.8. The molecule has 1 aliphatic rings. The lowest BCUT2D eigenvalue weighted by Gasteiger charge is -2.37. The van der Waals surface area contributed by atoms with E-state index in [1.807, 2.05) is 0 Å². The lowest BCUT2D eigenvalue weighted by molar-refractivity contribution is -0.139. The Morgan fingerprint density at radius 2 is 2.16 bits per heavy atom. The summed E-state index contributed by atoms with van der Waals surface area (Å²) >= 11 is 0. The van der Waals surface area contributed by atoms with E-state index in [1.165, 1.54) is 19.2 Å². The Labute approximate surface area is 111 Å². The molecule has 0 aromatic heterocycles. The zero-order chi connectivity index (χ0) is 13.9. The number of hydrogen-bond acceptors (Lipinski definition) is 3. The van der Waals surface area contributed by atoms with E-state index in [4.69, 9.17) is 14.6 Å². The maximum atomic E-state index is 13.5. The molecule has 1 aliphatic heterocycles. The molecule has 0 amide bonds. The molecule has 1 aromatic rings. The number of ether oxygens (including phenoxy) is 2. The van der Waals surface area contributed by atoms with Crippen LogP contribution in [0.1, 0.15) is 24.8 Å². The summed E-state index contributed by atoms with van der Waals surface area (Å²) in [5, 5.41) is 9.15. The minimum Gasteiger partial charge on any atom is -0.496 e. The van der Waals surface area contributed by atoms with Crippen LogP contribution >= 0.6 is 0 Å². The summed E-state index contributed by atoms with van der Waals surface area (Å²) < 4.78 is 24.1. The van der Waals surface area contributed by atoms with Crippen molar-refractivity contribution in [3.05, 3.63) is 29.6 Å². The summed E-state index contributed by atoms with van der Waals surface area (Å²) in [5.41, 5.74) is 0.0121. The second-order valence-corrected chi connectivity index (χ2v) is 4.81. The molecule has 5 heteroatoms. The summed E-state index contributed by atoms with van der Waals surface area (Å²) in [6.07, 6.45) is 1.06. The molecular weight excluding hydrogens is 251 g/mol. The van der Waals surface area contributed by atoms with Gasteiger partial charge in [-0.1, -0.05) is 0 Å². The highest BCUT2D eigenvalue weighted by atomic mass is 19.1. The molecule has 1 fully saturated rings. The first-order valence-electron chi connectivity index (χ1n) is 6.21. The SMILES string of the molecule is COc1ccc(F)cc1C1(CC(=O)O)CCOCC1. The molecule has 2 rings (SSSR count). The first-order chi connectivity index (χ1) is 9.07. The van der Waals surface area contributed by atoms with Crippen molar-refractivity contribution in [2.75, 3.05) is 20.3 Å². The quantitative estimate of drug-likeness (QED) is 0.910. The number of carboxylic acid groups (broad SMARTS) is 1. The molecular formula is C14H17FO4. The van der Waals surface area contributed by atoms with Crippen LogP contribution < -0.4 is 4.74 Å². The van der Waals surface area contributed by atoms with Crippen LogP contribution in [0.2, 0.25) is 0 Å². The molecule has 4 nitrogen and oxygen atoms in total. The van der Waals surface area contributed by atoms with Gasteiger partial charge >= 0.3 is 5.97 Å². The lowest BCUT2D eigenvalue weighted by atomic mass is 9.71. The van der Waals surface area contributed by atoms with Crippen molar-refractivity contribution in [3.63, 3.8) is 0 Å². The third kappa shape index (κ3) is 2.87. The fourth-order valence-electron chi connectivity index (χ4n) is 2.69. The molecule has 0 atom stereocenters. The fraction of sp³-hybridized carbons (Fsp3) is 0.500. The number of aliphatic carboxylic acids is 1. The van der Waals surface area contributed by atoms with Gasteiger partial charge in [-0.15, -0.1) is 0 Å². The Hall–Kier alpha value is -1.62. The molecule has 1 heterocycles. The summed E-state index contributed by atoms with van der Waals surface area (Å²) in [6, 6.07) is 4.24. The van der Waals surface area contributed by atoms with E-state index in [-0.39, 0.29) is 12.2 Å². The predicted molar refractivity (Wildman–Crippen MR) is 66.9 cm³/mol. The van der Waals surface area contributed by atoms with E-state index >= 15 is 0 Å². The standard InChI is InChI=1S/C14H17FO4/c1-18-12-3-2-10(15)8-11(12)14(9-13(16)17)4-6-19-7-5-14/h2-3,8H,4-7,9H2,1H3,(H,16,17). The van der Waals surface area contributed by atoms with Crippen LogP contribution in [-0.2, 0) is 14.9 Å². The summed E-state index contributed by atoms with van der Waals surface area (Å²) in [5.74, 6) is -0.746. The zero-order valence-electron chi connectivity index (χ0n) is 10.8. The predicted octanol–water partition coefficient (Wildman–Crippen LogP) is 2.36. The van der Waals surface area contributed by atoms with Crippen LogP contribution in [0.15, 0.2) is 18.2 Å². The Balaban J connectivity index is 2.47. The van der Waals surface area contributed by atoms with Crippen LogP contribution in [-0.4, -0.2) is 31.4 Å².